The van der Waals surface area contributed by atoms with E-state index in [0.29, 0.717) is 25.2 Å². The molecule has 1 saturated heterocycles. The highest BCUT2D eigenvalue weighted by Gasteiger charge is 2.35. The van der Waals surface area contributed by atoms with Crippen molar-refractivity contribution in [3.8, 4) is 0 Å². The first-order valence-electron chi connectivity index (χ1n) is 7.70. The van der Waals surface area contributed by atoms with Crippen LogP contribution in [0, 0.1) is 10.1 Å². The van der Waals surface area contributed by atoms with Gasteiger partial charge in [-0.2, -0.15) is 0 Å². The summed E-state index contributed by atoms with van der Waals surface area (Å²) >= 11 is 5.91. The Labute approximate surface area is 145 Å². The lowest BCUT2D eigenvalue weighted by Gasteiger charge is -2.32. The minimum atomic E-state index is -0.650. The molecule has 132 valence electrons. The second kappa shape index (κ2) is 7.31. The summed E-state index contributed by atoms with van der Waals surface area (Å²) in [6.07, 6.45) is 1.63. The Morgan fingerprint density at radius 3 is 2.88 bits per heavy atom. The fraction of sp³-hybridized carbons (Fsp3) is 0.600. The summed E-state index contributed by atoms with van der Waals surface area (Å²) in [7, 11) is 0. The van der Waals surface area contributed by atoms with Gasteiger partial charge in [0.15, 0.2) is 0 Å². The third kappa shape index (κ3) is 4.33. The molecule has 0 bridgehead atoms. The molecule has 1 unspecified atom stereocenters. The van der Waals surface area contributed by atoms with Crippen molar-refractivity contribution < 1.29 is 14.5 Å². The predicted molar refractivity (Wildman–Crippen MR) is 89.1 cm³/mol. The number of hydrogen-bond donors (Lipinski definition) is 1. The summed E-state index contributed by atoms with van der Waals surface area (Å²) < 4.78 is 5.46. The Kier molecular flexibility index (Phi) is 5.61. The van der Waals surface area contributed by atoms with Gasteiger partial charge in [0.1, 0.15) is 5.60 Å². The van der Waals surface area contributed by atoms with Gasteiger partial charge in [-0.25, -0.2) is 9.78 Å². The highest BCUT2D eigenvalue weighted by atomic mass is 35.5. The van der Waals surface area contributed by atoms with Crippen LogP contribution in [0.5, 0.6) is 0 Å². The highest BCUT2D eigenvalue weighted by Crippen LogP contribution is 2.34. The van der Waals surface area contributed by atoms with Crippen LogP contribution in [-0.4, -0.2) is 46.1 Å². The van der Waals surface area contributed by atoms with Crippen molar-refractivity contribution in [3.05, 3.63) is 33.1 Å². The number of hydrogen-bond acceptors (Lipinski definition) is 6. The number of amides is 1. The number of pyridine rings is 1. The molecule has 2 rings (SSSR count). The number of halogens is 1. The number of carbonyl (C=O) groups excluding carboxylic acids is 1. The van der Waals surface area contributed by atoms with Gasteiger partial charge in [-0.3, -0.25) is 15.0 Å². The van der Waals surface area contributed by atoms with Gasteiger partial charge in [-0.15, -0.1) is 0 Å². The smallest absolute Gasteiger partial charge is 0.410 e. The summed E-state index contributed by atoms with van der Waals surface area (Å²) in [6, 6.07) is 0.974. The maximum atomic E-state index is 12.6. The summed E-state index contributed by atoms with van der Waals surface area (Å²) in [5.74, 6) is 0. The molecule has 1 N–H and O–H groups in total. The average Bonchev–Trinajstić information content (AvgIpc) is 2.70. The molecule has 1 aliphatic heterocycles. The zero-order valence-corrected chi connectivity index (χ0v) is 14.7. The largest absolute Gasteiger partial charge is 0.444 e. The standard InChI is InChI=1S/C15H21ClN4O4/c1-15(2,3)24-14(21)19-8-4-6-17-9-11(19)10-5-7-18-13(16)12(10)20(22)23/h5,7,11,17H,4,6,8-9H2,1-3H3. The lowest BCUT2D eigenvalue weighted by molar-refractivity contribution is -0.386. The van der Waals surface area contributed by atoms with Crippen molar-refractivity contribution in [1.82, 2.24) is 15.2 Å². The summed E-state index contributed by atoms with van der Waals surface area (Å²) in [6.45, 7) is 6.86. The summed E-state index contributed by atoms with van der Waals surface area (Å²) in [4.78, 5) is 28.7. The number of aromatic nitrogens is 1. The van der Waals surface area contributed by atoms with Crippen molar-refractivity contribution in [2.75, 3.05) is 19.6 Å². The Morgan fingerprint density at radius 1 is 1.54 bits per heavy atom. The number of rotatable bonds is 2. The van der Waals surface area contributed by atoms with Crippen LogP contribution in [-0.2, 0) is 4.74 Å². The molecule has 0 aliphatic carbocycles. The molecular formula is C15H21ClN4O4. The quantitative estimate of drug-likeness (QED) is 0.497. The highest BCUT2D eigenvalue weighted by molar-refractivity contribution is 6.31. The average molecular weight is 357 g/mol. The molecule has 0 saturated carbocycles. The van der Waals surface area contributed by atoms with Gasteiger partial charge in [-0.1, -0.05) is 11.6 Å². The van der Waals surface area contributed by atoms with E-state index in [4.69, 9.17) is 16.3 Å². The van der Waals surface area contributed by atoms with Crippen LogP contribution in [0.4, 0.5) is 10.5 Å². The zero-order chi connectivity index (χ0) is 17.9. The SMILES string of the molecule is CC(C)(C)OC(=O)N1CCCNCC1c1ccnc(Cl)c1[N+](=O)[O-]. The van der Waals surface area contributed by atoms with Crippen LogP contribution in [0.3, 0.4) is 0 Å². The molecule has 0 spiro atoms. The molecule has 1 aliphatic rings. The maximum Gasteiger partial charge on any atom is 0.410 e. The van der Waals surface area contributed by atoms with E-state index in [1.165, 1.54) is 17.2 Å². The molecule has 9 heteroatoms. The van der Waals surface area contributed by atoms with Crippen LogP contribution in [0.1, 0.15) is 38.8 Å². The molecule has 1 aromatic heterocycles. The Morgan fingerprint density at radius 2 is 2.25 bits per heavy atom. The third-order valence-electron chi connectivity index (χ3n) is 3.55. The summed E-state index contributed by atoms with van der Waals surface area (Å²) in [5, 5.41) is 14.4. The minimum absolute atomic E-state index is 0.189. The van der Waals surface area contributed by atoms with Crippen molar-refractivity contribution in [2.45, 2.75) is 38.8 Å². The van der Waals surface area contributed by atoms with Crippen LogP contribution in [0.2, 0.25) is 5.15 Å². The molecular weight excluding hydrogens is 336 g/mol. The molecule has 8 nitrogen and oxygen atoms in total. The summed E-state index contributed by atoms with van der Waals surface area (Å²) in [5.41, 5.74) is -0.579. The molecule has 0 radical (unpaired) electrons. The number of ether oxygens (including phenoxy) is 1. The third-order valence-corrected chi connectivity index (χ3v) is 3.82. The van der Waals surface area contributed by atoms with E-state index in [0.717, 1.165) is 6.42 Å². The molecule has 1 aromatic rings. The van der Waals surface area contributed by atoms with Crippen molar-refractivity contribution in [3.63, 3.8) is 0 Å². The Bertz CT molecular complexity index is 632. The lowest BCUT2D eigenvalue weighted by Crippen LogP contribution is -2.41. The first kappa shape index (κ1) is 18.4. The normalized spacial score (nSPS) is 18.8. The van der Waals surface area contributed by atoms with E-state index in [1.54, 1.807) is 20.8 Å². The molecule has 2 heterocycles. The van der Waals surface area contributed by atoms with Crippen LogP contribution in [0.25, 0.3) is 0 Å². The molecule has 0 aromatic carbocycles. The fourth-order valence-corrected chi connectivity index (χ4v) is 2.82. The monoisotopic (exact) mass is 356 g/mol. The van der Waals surface area contributed by atoms with Gasteiger partial charge in [0.05, 0.1) is 16.5 Å². The second-order valence-corrected chi connectivity index (χ2v) is 6.90. The fourth-order valence-electron chi connectivity index (χ4n) is 2.59. The number of carbonyl (C=O) groups is 1. The number of nitrogens with one attached hydrogen (secondary N) is 1. The van der Waals surface area contributed by atoms with E-state index in [1.807, 2.05) is 0 Å². The first-order valence-corrected chi connectivity index (χ1v) is 8.07. The first-order chi connectivity index (χ1) is 11.2. The van der Waals surface area contributed by atoms with Crippen molar-refractivity contribution >= 4 is 23.4 Å². The Balaban J connectivity index is 2.42. The Hall–Kier alpha value is -1.93. The van der Waals surface area contributed by atoms with Gasteiger partial charge >= 0.3 is 11.8 Å². The zero-order valence-electron chi connectivity index (χ0n) is 13.9. The van der Waals surface area contributed by atoms with E-state index < -0.39 is 22.7 Å². The maximum absolute atomic E-state index is 12.6. The van der Waals surface area contributed by atoms with Gasteiger partial charge in [0, 0.05) is 19.3 Å². The topological polar surface area (TPSA) is 97.6 Å². The van der Waals surface area contributed by atoms with Crippen molar-refractivity contribution in [2.24, 2.45) is 0 Å². The van der Waals surface area contributed by atoms with E-state index in [2.05, 4.69) is 10.3 Å². The van der Waals surface area contributed by atoms with E-state index >= 15 is 0 Å². The molecule has 1 atom stereocenters. The van der Waals surface area contributed by atoms with Crippen LogP contribution < -0.4 is 5.32 Å². The van der Waals surface area contributed by atoms with Crippen LogP contribution in [0.15, 0.2) is 12.3 Å². The predicted octanol–water partition coefficient (Wildman–Crippen LogP) is 2.91. The second-order valence-electron chi connectivity index (χ2n) is 6.54. The molecule has 24 heavy (non-hydrogen) atoms. The molecule has 1 fully saturated rings. The van der Waals surface area contributed by atoms with Gasteiger partial charge in [0.25, 0.3) is 0 Å². The minimum Gasteiger partial charge on any atom is -0.444 e. The van der Waals surface area contributed by atoms with Gasteiger partial charge in [0.2, 0.25) is 5.15 Å². The van der Waals surface area contributed by atoms with Gasteiger partial charge in [-0.05, 0) is 39.8 Å². The lowest BCUT2D eigenvalue weighted by atomic mass is 10.1. The van der Waals surface area contributed by atoms with E-state index in [-0.39, 0.29) is 10.8 Å². The van der Waals surface area contributed by atoms with Crippen molar-refractivity contribution in [1.29, 1.82) is 0 Å². The number of nitro groups is 1. The van der Waals surface area contributed by atoms with E-state index in [9.17, 15) is 14.9 Å². The number of nitrogens with zero attached hydrogens (tertiary/aromatic N) is 3. The van der Waals surface area contributed by atoms with Gasteiger partial charge < -0.3 is 10.1 Å². The van der Waals surface area contributed by atoms with Crippen LogP contribution >= 0.6 is 11.6 Å². The molecule has 1 amide bonds.